The highest BCUT2D eigenvalue weighted by Crippen LogP contribution is 2.33. The SMILES string of the molecule is COC(=O)c1ccc(N[C@H]2c3ccccc3C[C@H]2O)nn1. The van der Waals surface area contributed by atoms with Gasteiger partial charge in [0.15, 0.2) is 5.69 Å². The highest BCUT2D eigenvalue weighted by Gasteiger charge is 2.30. The molecule has 0 amide bonds. The number of carbonyl (C=O) groups is 1. The van der Waals surface area contributed by atoms with E-state index in [-0.39, 0.29) is 11.7 Å². The molecule has 1 heterocycles. The summed E-state index contributed by atoms with van der Waals surface area (Å²) < 4.78 is 4.57. The third-order valence-electron chi connectivity index (χ3n) is 3.57. The molecule has 6 heteroatoms. The smallest absolute Gasteiger partial charge is 0.358 e. The fraction of sp³-hybridized carbons (Fsp3) is 0.267. The van der Waals surface area contributed by atoms with Gasteiger partial charge in [-0.15, -0.1) is 10.2 Å². The van der Waals surface area contributed by atoms with Gasteiger partial charge in [-0.1, -0.05) is 24.3 Å². The fourth-order valence-electron chi connectivity index (χ4n) is 2.53. The van der Waals surface area contributed by atoms with Crippen LogP contribution in [-0.2, 0) is 11.2 Å². The second kappa shape index (κ2) is 5.49. The van der Waals surface area contributed by atoms with E-state index >= 15 is 0 Å². The molecule has 0 saturated carbocycles. The zero-order valence-corrected chi connectivity index (χ0v) is 11.5. The number of carbonyl (C=O) groups excluding carboxylic acids is 1. The minimum atomic E-state index is -0.528. The van der Waals surface area contributed by atoms with Crippen molar-refractivity contribution in [2.45, 2.75) is 18.6 Å². The first-order valence-electron chi connectivity index (χ1n) is 6.63. The molecule has 0 radical (unpaired) electrons. The lowest BCUT2D eigenvalue weighted by Crippen LogP contribution is -2.22. The molecule has 1 aliphatic rings. The topological polar surface area (TPSA) is 84.3 Å². The number of aliphatic hydroxyl groups excluding tert-OH is 1. The minimum Gasteiger partial charge on any atom is -0.464 e. The van der Waals surface area contributed by atoms with Crippen molar-refractivity contribution in [2.75, 3.05) is 12.4 Å². The van der Waals surface area contributed by atoms with Gasteiger partial charge in [-0.05, 0) is 23.3 Å². The average molecular weight is 285 g/mol. The predicted octanol–water partition coefficient (Wildman–Crippen LogP) is 1.33. The number of aromatic nitrogens is 2. The lowest BCUT2D eigenvalue weighted by molar-refractivity contribution is 0.0592. The first kappa shape index (κ1) is 13.5. The van der Waals surface area contributed by atoms with Crippen molar-refractivity contribution >= 4 is 11.8 Å². The molecule has 2 aromatic rings. The number of nitrogens with one attached hydrogen (secondary N) is 1. The molecule has 21 heavy (non-hydrogen) atoms. The first-order valence-corrected chi connectivity index (χ1v) is 6.63. The molecule has 108 valence electrons. The summed E-state index contributed by atoms with van der Waals surface area (Å²) >= 11 is 0. The van der Waals surface area contributed by atoms with Crippen molar-refractivity contribution in [2.24, 2.45) is 0 Å². The molecular weight excluding hydrogens is 270 g/mol. The van der Waals surface area contributed by atoms with Gasteiger partial charge in [0.2, 0.25) is 0 Å². The molecule has 6 nitrogen and oxygen atoms in total. The number of nitrogens with zero attached hydrogens (tertiary/aromatic N) is 2. The molecule has 1 aliphatic carbocycles. The zero-order chi connectivity index (χ0) is 14.8. The molecule has 1 aromatic heterocycles. The lowest BCUT2D eigenvalue weighted by Gasteiger charge is -2.18. The van der Waals surface area contributed by atoms with Crippen LogP contribution >= 0.6 is 0 Å². The predicted molar refractivity (Wildman–Crippen MR) is 75.9 cm³/mol. The van der Waals surface area contributed by atoms with Gasteiger partial charge in [-0.3, -0.25) is 0 Å². The maximum absolute atomic E-state index is 11.3. The summed E-state index contributed by atoms with van der Waals surface area (Å²) in [6.07, 6.45) is 0.103. The summed E-state index contributed by atoms with van der Waals surface area (Å²) in [6, 6.07) is 10.9. The molecule has 0 saturated heterocycles. The number of anilines is 1. The van der Waals surface area contributed by atoms with Crippen molar-refractivity contribution in [1.82, 2.24) is 10.2 Å². The molecule has 0 fully saturated rings. The normalized spacial score (nSPS) is 19.9. The van der Waals surface area contributed by atoms with Crippen LogP contribution in [0.2, 0.25) is 0 Å². The second-order valence-electron chi connectivity index (χ2n) is 4.89. The number of benzene rings is 1. The van der Waals surface area contributed by atoms with E-state index in [1.54, 1.807) is 6.07 Å². The van der Waals surface area contributed by atoms with Gasteiger partial charge in [0, 0.05) is 6.42 Å². The van der Waals surface area contributed by atoms with Crippen molar-refractivity contribution in [3.05, 3.63) is 53.2 Å². The van der Waals surface area contributed by atoms with Crippen LogP contribution in [0.1, 0.15) is 27.7 Å². The van der Waals surface area contributed by atoms with E-state index in [1.165, 1.54) is 13.2 Å². The molecule has 0 aliphatic heterocycles. The van der Waals surface area contributed by atoms with Crippen LogP contribution in [0.3, 0.4) is 0 Å². The van der Waals surface area contributed by atoms with Gasteiger partial charge in [0.05, 0.1) is 19.3 Å². The number of aliphatic hydroxyl groups is 1. The maximum Gasteiger partial charge on any atom is 0.358 e. The third kappa shape index (κ3) is 2.57. The van der Waals surface area contributed by atoms with Crippen LogP contribution in [0.5, 0.6) is 0 Å². The summed E-state index contributed by atoms with van der Waals surface area (Å²) in [5.41, 5.74) is 2.33. The van der Waals surface area contributed by atoms with Gasteiger partial charge < -0.3 is 15.2 Å². The van der Waals surface area contributed by atoms with Crippen molar-refractivity contribution in [3.8, 4) is 0 Å². The van der Waals surface area contributed by atoms with Crippen LogP contribution in [-0.4, -0.2) is 34.5 Å². The number of fused-ring (bicyclic) bond motifs is 1. The maximum atomic E-state index is 11.3. The van der Waals surface area contributed by atoms with E-state index in [9.17, 15) is 9.90 Å². The van der Waals surface area contributed by atoms with Gasteiger partial charge >= 0.3 is 5.97 Å². The summed E-state index contributed by atoms with van der Waals surface area (Å²) in [5.74, 6) is -0.0243. The minimum absolute atomic E-state index is 0.149. The number of rotatable bonds is 3. The first-order chi connectivity index (χ1) is 10.2. The molecule has 0 bridgehead atoms. The Balaban J connectivity index is 1.79. The average Bonchev–Trinajstić information content (AvgIpc) is 2.83. The molecule has 3 rings (SSSR count). The Kier molecular flexibility index (Phi) is 3.53. The summed E-state index contributed by atoms with van der Waals surface area (Å²) in [5, 5.41) is 21.1. The Morgan fingerprint density at radius 3 is 2.81 bits per heavy atom. The van der Waals surface area contributed by atoms with Gasteiger partial charge in [-0.25, -0.2) is 4.79 Å². The van der Waals surface area contributed by atoms with Crippen LogP contribution < -0.4 is 5.32 Å². The van der Waals surface area contributed by atoms with E-state index in [2.05, 4.69) is 20.3 Å². The Bertz CT molecular complexity index is 657. The summed E-state index contributed by atoms with van der Waals surface area (Å²) in [6.45, 7) is 0. The van der Waals surface area contributed by atoms with Crippen LogP contribution in [0, 0.1) is 0 Å². The number of esters is 1. The molecule has 0 unspecified atom stereocenters. The standard InChI is InChI=1S/C15H15N3O3/c1-21-15(20)11-6-7-13(18-17-11)16-14-10-5-3-2-4-9(10)8-12(14)19/h2-7,12,14,19H,8H2,1H3,(H,16,18)/t12-,14+/m1/s1. The van der Waals surface area contributed by atoms with E-state index in [4.69, 9.17) is 0 Å². The highest BCUT2D eigenvalue weighted by atomic mass is 16.5. The Morgan fingerprint density at radius 1 is 1.29 bits per heavy atom. The van der Waals surface area contributed by atoms with Crippen molar-refractivity contribution in [1.29, 1.82) is 0 Å². The lowest BCUT2D eigenvalue weighted by atomic mass is 10.1. The monoisotopic (exact) mass is 285 g/mol. The molecule has 1 aromatic carbocycles. The van der Waals surface area contributed by atoms with Gasteiger partial charge in [0.25, 0.3) is 0 Å². The second-order valence-corrected chi connectivity index (χ2v) is 4.89. The summed E-state index contributed by atoms with van der Waals surface area (Å²) in [7, 11) is 1.29. The highest BCUT2D eigenvalue weighted by molar-refractivity contribution is 5.86. The molecule has 0 spiro atoms. The van der Waals surface area contributed by atoms with Crippen LogP contribution in [0.4, 0.5) is 5.82 Å². The Morgan fingerprint density at radius 2 is 2.10 bits per heavy atom. The van der Waals surface area contributed by atoms with Crippen LogP contribution in [0.25, 0.3) is 0 Å². The quantitative estimate of drug-likeness (QED) is 0.828. The van der Waals surface area contributed by atoms with E-state index in [1.807, 2.05) is 24.3 Å². The molecule has 2 N–H and O–H groups in total. The largest absolute Gasteiger partial charge is 0.464 e. The Hall–Kier alpha value is -2.47. The number of hydrogen-bond donors (Lipinski definition) is 2. The van der Waals surface area contributed by atoms with E-state index < -0.39 is 12.1 Å². The number of ether oxygens (including phenoxy) is 1. The Labute approximate surface area is 121 Å². The third-order valence-corrected chi connectivity index (χ3v) is 3.57. The van der Waals surface area contributed by atoms with Crippen molar-refractivity contribution < 1.29 is 14.6 Å². The fourth-order valence-corrected chi connectivity index (χ4v) is 2.53. The number of hydrogen-bond acceptors (Lipinski definition) is 6. The van der Waals surface area contributed by atoms with Crippen LogP contribution in [0.15, 0.2) is 36.4 Å². The van der Waals surface area contributed by atoms with E-state index in [0.29, 0.717) is 12.2 Å². The van der Waals surface area contributed by atoms with E-state index in [0.717, 1.165) is 11.1 Å². The van der Waals surface area contributed by atoms with Gasteiger partial charge in [0.1, 0.15) is 5.82 Å². The molecule has 2 atom stereocenters. The summed E-state index contributed by atoms with van der Waals surface area (Å²) in [4.78, 5) is 11.3. The van der Waals surface area contributed by atoms with Gasteiger partial charge in [-0.2, -0.15) is 0 Å². The molecular formula is C15H15N3O3. The number of methoxy groups -OCH3 is 1. The van der Waals surface area contributed by atoms with Crippen molar-refractivity contribution in [3.63, 3.8) is 0 Å². The zero-order valence-electron chi connectivity index (χ0n) is 11.5.